The molecule has 0 aromatic carbocycles. The average molecular weight is 230 g/mol. The van der Waals surface area contributed by atoms with E-state index >= 15 is 0 Å². The molecule has 4 heteroatoms. The van der Waals surface area contributed by atoms with E-state index in [0.717, 1.165) is 45.2 Å². The molecule has 0 bridgehead atoms. The first kappa shape index (κ1) is 15.4. The van der Waals surface area contributed by atoms with Gasteiger partial charge in [-0.2, -0.15) is 0 Å². The van der Waals surface area contributed by atoms with Gasteiger partial charge in [0.2, 0.25) is 5.91 Å². The minimum atomic E-state index is 0.128. The molecular formula is C12H26N2O2. The van der Waals surface area contributed by atoms with Gasteiger partial charge in [-0.1, -0.05) is 12.8 Å². The Bertz CT molecular complexity index is 174. The Hall–Kier alpha value is -0.610. The summed E-state index contributed by atoms with van der Waals surface area (Å²) in [7, 11) is 1.67. The highest BCUT2D eigenvalue weighted by atomic mass is 16.5. The van der Waals surface area contributed by atoms with E-state index < -0.39 is 0 Å². The molecule has 0 saturated heterocycles. The smallest absolute Gasteiger partial charge is 0.220 e. The summed E-state index contributed by atoms with van der Waals surface area (Å²) in [6.45, 7) is 3.52. The minimum absolute atomic E-state index is 0.128. The summed E-state index contributed by atoms with van der Waals surface area (Å²) in [6.07, 6.45) is 5.94. The highest BCUT2D eigenvalue weighted by molar-refractivity contribution is 5.75. The van der Waals surface area contributed by atoms with Crippen molar-refractivity contribution in [3.8, 4) is 0 Å². The lowest BCUT2D eigenvalue weighted by molar-refractivity contribution is -0.121. The number of unbranched alkanes of at least 4 members (excludes halogenated alkanes) is 3. The lowest BCUT2D eigenvalue weighted by Gasteiger charge is -2.09. The maximum Gasteiger partial charge on any atom is 0.220 e. The fraction of sp³-hybridized carbons (Fsp3) is 0.917. The number of nitrogens with two attached hydrogens (primary N) is 1. The first-order valence-electron chi connectivity index (χ1n) is 6.20. The van der Waals surface area contributed by atoms with E-state index in [1.54, 1.807) is 7.11 Å². The molecule has 1 atom stereocenters. The quantitative estimate of drug-likeness (QED) is 0.558. The molecule has 0 rings (SSSR count). The van der Waals surface area contributed by atoms with E-state index in [4.69, 9.17) is 10.5 Å². The van der Waals surface area contributed by atoms with Gasteiger partial charge in [-0.05, 0) is 32.7 Å². The van der Waals surface area contributed by atoms with Gasteiger partial charge in [0.1, 0.15) is 0 Å². The maximum absolute atomic E-state index is 11.4. The van der Waals surface area contributed by atoms with E-state index in [2.05, 4.69) is 5.32 Å². The van der Waals surface area contributed by atoms with Gasteiger partial charge in [0.05, 0.1) is 6.10 Å². The van der Waals surface area contributed by atoms with E-state index in [9.17, 15) is 4.79 Å². The summed E-state index contributed by atoms with van der Waals surface area (Å²) in [5.74, 6) is 0.128. The molecule has 0 aromatic rings. The van der Waals surface area contributed by atoms with Crippen LogP contribution in [-0.2, 0) is 9.53 Å². The maximum atomic E-state index is 11.4. The topological polar surface area (TPSA) is 64.3 Å². The highest BCUT2D eigenvalue weighted by Gasteiger charge is 2.04. The molecule has 96 valence electrons. The van der Waals surface area contributed by atoms with Gasteiger partial charge in [0.15, 0.2) is 0 Å². The summed E-state index contributed by atoms with van der Waals surface area (Å²) in [4.78, 5) is 11.4. The summed E-state index contributed by atoms with van der Waals surface area (Å²) < 4.78 is 5.08. The Morgan fingerprint density at radius 2 is 2.00 bits per heavy atom. The van der Waals surface area contributed by atoms with Gasteiger partial charge >= 0.3 is 0 Å². The third-order valence-corrected chi connectivity index (χ3v) is 2.63. The second kappa shape index (κ2) is 10.9. The van der Waals surface area contributed by atoms with E-state index in [0.29, 0.717) is 6.42 Å². The molecule has 1 unspecified atom stereocenters. The fourth-order valence-electron chi connectivity index (χ4n) is 1.39. The molecule has 16 heavy (non-hydrogen) atoms. The van der Waals surface area contributed by atoms with Crippen LogP contribution in [-0.4, -0.2) is 32.2 Å². The summed E-state index contributed by atoms with van der Waals surface area (Å²) >= 11 is 0. The van der Waals surface area contributed by atoms with E-state index in [1.807, 2.05) is 6.92 Å². The standard InChI is InChI=1S/C12H26N2O2/c1-11(16-2)7-8-12(15)14-10-6-4-3-5-9-13/h11H,3-10,13H2,1-2H3,(H,14,15). The Labute approximate surface area is 98.9 Å². The molecule has 0 fully saturated rings. The van der Waals surface area contributed by atoms with E-state index in [1.165, 1.54) is 0 Å². The lowest BCUT2D eigenvalue weighted by atomic mass is 10.2. The monoisotopic (exact) mass is 230 g/mol. The van der Waals surface area contributed by atoms with Gasteiger partial charge in [0.25, 0.3) is 0 Å². The van der Waals surface area contributed by atoms with Crippen LogP contribution in [0.5, 0.6) is 0 Å². The first-order valence-corrected chi connectivity index (χ1v) is 6.20. The van der Waals surface area contributed by atoms with Crippen LogP contribution < -0.4 is 11.1 Å². The number of rotatable bonds is 10. The molecule has 0 saturated carbocycles. The van der Waals surface area contributed by atoms with E-state index in [-0.39, 0.29) is 12.0 Å². The Morgan fingerprint density at radius 3 is 2.62 bits per heavy atom. The molecule has 3 N–H and O–H groups in total. The number of nitrogens with one attached hydrogen (secondary N) is 1. The third kappa shape index (κ3) is 9.93. The van der Waals surface area contributed by atoms with Gasteiger partial charge < -0.3 is 15.8 Å². The normalized spacial score (nSPS) is 12.4. The van der Waals surface area contributed by atoms with Crippen molar-refractivity contribution in [3.05, 3.63) is 0 Å². The molecule has 0 aliphatic rings. The van der Waals surface area contributed by atoms with Gasteiger partial charge in [-0.25, -0.2) is 0 Å². The summed E-state index contributed by atoms with van der Waals surface area (Å²) in [5, 5.41) is 2.91. The SMILES string of the molecule is COC(C)CCC(=O)NCCCCCCN. The zero-order chi connectivity index (χ0) is 12.2. The molecule has 0 radical (unpaired) electrons. The van der Waals surface area contributed by atoms with Crippen molar-refractivity contribution < 1.29 is 9.53 Å². The molecule has 0 aliphatic heterocycles. The Balaban J connectivity index is 3.24. The minimum Gasteiger partial charge on any atom is -0.382 e. The lowest BCUT2D eigenvalue weighted by Crippen LogP contribution is -2.25. The second-order valence-corrected chi connectivity index (χ2v) is 4.14. The van der Waals surface area contributed by atoms with Gasteiger partial charge in [-0.3, -0.25) is 4.79 Å². The fourth-order valence-corrected chi connectivity index (χ4v) is 1.39. The molecule has 1 amide bonds. The Morgan fingerprint density at radius 1 is 1.31 bits per heavy atom. The zero-order valence-electron chi connectivity index (χ0n) is 10.6. The first-order chi connectivity index (χ1) is 7.70. The van der Waals surface area contributed by atoms with Crippen molar-refractivity contribution in [2.45, 2.75) is 51.6 Å². The van der Waals surface area contributed by atoms with Crippen LogP contribution in [0.4, 0.5) is 0 Å². The number of carbonyl (C=O) groups excluding carboxylic acids is 1. The predicted molar refractivity (Wildman–Crippen MR) is 66.2 cm³/mol. The highest BCUT2D eigenvalue weighted by Crippen LogP contribution is 2.00. The van der Waals surface area contributed by atoms with Crippen LogP contribution in [0.1, 0.15) is 45.4 Å². The third-order valence-electron chi connectivity index (χ3n) is 2.63. The largest absolute Gasteiger partial charge is 0.382 e. The van der Waals surface area contributed by atoms with Crippen LogP contribution >= 0.6 is 0 Å². The summed E-state index contributed by atoms with van der Waals surface area (Å²) in [5.41, 5.74) is 5.39. The van der Waals surface area contributed by atoms with Crippen molar-refractivity contribution in [1.82, 2.24) is 5.32 Å². The van der Waals surface area contributed by atoms with Crippen molar-refractivity contribution in [2.24, 2.45) is 5.73 Å². The molecule has 0 heterocycles. The number of amides is 1. The zero-order valence-corrected chi connectivity index (χ0v) is 10.6. The van der Waals surface area contributed by atoms with Crippen molar-refractivity contribution >= 4 is 5.91 Å². The number of methoxy groups -OCH3 is 1. The predicted octanol–water partition coefficient (Wildman–Crippen LogP) is 1.44. The molecule has 0 aromatic heterocycles. The second-order valence-electron chi connectivity index (χ2n) is 4.14. The number of carbonyl (C=O) groups is 1. The van der Waals surface area contributed by atoms with Gasteiger partial charge in [0, 0.05) is 20.1 Å². The summed E-state index contributed by atoms with van der Waals surface area (Å²) in [6, 6.07) is 0. The Kier molecular flexibility index (Phi) is 10.5. The van der Waals surface area contributed by atoms with Gasteiger partial charge in [-0.15, -0.1) is 0 Å². The number of hydrogen-bond donors (Lipinski definition) is 2. The molecule has 0 spiro atoms. The molecule has 0 aliphatic carbocycles. The average Bonchev–Trinajstić information content (AvgIpc) is 2.30. The van der Waals surface area contributed by atoms with Crippen molar-refractivity contribution in [2.75, 3.05) is 20.2 Å². The van der Waals surface area contributed by atoms with Crippen molar-refractivity contribution in [3.63, 3.8) is 0 Å². The number of ether oxygens (including phenoxy) is 1. The van der Waals surface area contributed by atoms with Crippen LogP contribution in [0, 0.1) is 0 Å². The van der Waals surface area contributed by atoms with Crippen LogP contribution in [0.3, 0.4) is 0 Å². The molecule has 4 nitrogen and oxygen atoms in total. The van der Waals surface area contributed by atoms with Crippen LogP contribution in [0.2, 0.25) is 0 Å². The van der Waals surface area contributed by atoms with Crippen molar-refractivity contribution in [1.29, 1.82) is 0 Å². The number of hydrogen-bond acceptors (Lipinski definition) is 3. The molecular weight excluding hydrogens is 204 g/mol. The van der Waals surface area contributed by atoms with Crippen LogP contribution in [0.15, 0.2) is 0 Å². The van der Waals surface area contributed by atoms with Crippen LogP contribution in [0.25, 0.3) is 0 Å².